The smallest absolute Gasteiger partial charge is 0.174 e. The first-order valence-corrected chi connectivity index (χ1v) is 9.74. The highest BCUT2D eigenvalue weighted by Gasteiger charge is 2.76. The summed E-state index contributed by atoms with van der Waals surface area (Å²) in [6.07, 6.45) is 2.91. The van der Waals surface area contributed by atoms with Gasteiger partial charge >= 0.3 is 0 Å². The number of aromatic hydroxyl groups is 1. The molecule has 3 unspecified atom stereocenters. The summed E-state index contributed by atoms with van der Waals surface area (Å²) in [6.45, 7) is 0.980. The lowest BCUT2D eigenvalue weighted by Crippen LogP contribution is -2.80. The summed E-state index contributed by atoms with van der Waals surface area (Å²) in [7, 11) is 0. The molecule has 2 saturated carbocycles. The van der Waals surface area contributed by atoms with E-state index in [2.05, 4.69) is 0 Å². The van der Waals surface area contributed by atoms with Crippen LogP contribution in [0.2, 0.25) is 0 Å². The zero-order valence-electron chi connectivity index (χ0n) is 14.6. The Bertz CT molecular complexity index is 851. The second-order valence-corrected chi connectivity index (χ2v) is 9.08. The Morgan fingerprint density at radius 3 is 2.88 bits per heavy atom. The van der Waals surface area contributed by atoms with Crippen molar-refractivity contribution in [1.29, 1.82) is 0 Å². The second-order valence-electron chi connectivity index (χ2n) is 9.08. The number of Topliss-reactive ketones (excluding diaryl/α,β-unsaturated/α-hetero) is 1. The van der Waals surface area contributed by atoms with Crippen LogP contribution in [0.25, 0.3) is 0 Å². The van der Waals surface area contributed by atoms with Gasteiger partial charge in [0.1, 0.15) is 11.6 Å². The first-order valence-electron chi connectivity index (χ1n) is 9.74. The van der Waals surface area contributed by atoms with Crippen LogP contribution in [0.15, 0.2) is 12.1 Å². The molecular weight excluding hydrogens is 334 g/mol. The van der Waals surface area contributed by atoms with Gasteiger partial charge in [0.15, 0.2) is 23.4 Å². The largest absolute Gasteiger partial charge is 0.632 e. The number of ketones is 1. The summed E-state index contributed by atoms with van der Waals surface area (Å²) in [5, 5.41) is 36.1. The molecule has 1 aromatic rings. The van der Waals surface area contributed by atoms with E-state index in [0.29, 0.717) is 44.0 Å². The molecule has 5 aliphatic rings. The third-order valence-electron chi connectivity index (χ3n) is 7.85. The van der Waals surface area contributed by atoms with Crippen LogP contribution in [0.3, 0.4) is 0 Å². The number of quaternary nitrogens is 1. The van der Waals surface area contributed by atoms with E-state index in [9.17, 15) is 20.2 Å². The van der Waals surface area contributed by atoms with Crippen LogP contribution in [-0.4, -0.2) is 51.5 Å². The normalized spacial score (nSPS) is 45.2. The Morgan fingerprint density at radius 1 is 1.31 bits per heavy atom. The van der Waals surface area contributed by atoms with Gasteiger partial charge in [-0.25, -0.2) is 0 Å². The van der Waals surface area contributed by atoms with Crippen molar-refractivity contribution in [3.63, 3.8) is 0 Å². The van der Waals surface area contributed by atoms with Gasteiger partial charge in [-0.15, -0.1) is 0 Å². The first-order chi connectivity index (χ1) is 12.4. The van der Waals surface area contributed by atoms with E-state index in [1.54, 1.807) is 6.07 Å². The standard InChI is InChI=1S/C20H23NO5/c22-13-4-3-12-9-15-20(24)6-5-14(23)18-19(20,16(12)17(13)26-18)7-8-21(15,25)10-11-1-2-11/h3-4,11,15,18,22,24H,1-2,5-10H2/t15?,18?,19-,20?,21-/m1/s1. The van der Waals surface area contributed by atoms with E-state index in [4.69, 9.17) is 4.74 Å². The molecule has 3 aliphatic carbocycles. The van der Waals surface area contributed by atoms with Crippen molar-refractivity contribution in [2.45, 2.75) is 61.7 Å². The summed E-state index contributed by atoms with van der Waals surface area (Å²) in [6, 6.07) is 2.98. The number of likely N-dealkylation sites (tertiary alicyclic amines) is 1. The summed E-state index contributed by atoms with van der Waals surface area (Å²) >= 11 is 0. The minimum absolute atomic E-state index is 0.0209. The highest BCUT2D eigenvalue weighted by Crippen LogP contribution is 2.66. The molecule has 1 aromatic carbocycles. The van der Waals surface area contributed by atoms with Gasteiger partial charge in [-0.1, -0.05) is 6.07 Å². The van der Waals surface area contributed by atoms with Gasteiger partial charge < -0.3 is 24.8 Å². The maximum absolute atomic E-state index is 13.9. The number of hydroxylamine groups is 3. The lowest BCUT2D eigenvalue weighted by Gasteiger charge is -2.67. The number of rotatable bonds is 2. The molecule has 2 N–H and O–H groups in total. The average Bonchev–Trinajstić information content (AvgIpc) is 3.32. The molecule has 0 radical (unpaired) electrons. The summed E-state index contributed by atoms with van der Waals surface area (Å²) in [5.74, 6) is 0.827. The third kappa shape index (κ3) is 1.54. The van der Waals surface area contributed by atoms with Crippen molar-refractivity contribution >= 4 is 5.78 Å². The van der Waals surface area contributed by atoms with Gasteiger partial charge in [-0.05, 0) is 30.9 Å². The van der Waals surface area contributed by atoms with Crippen molar-refractivity contribution < 1.29 is 24.4 Å². The number of hydrogen-bond acceptors (Lipinski definition) is 5. The Hall–Kier alpha value is -1.63. The van der Waals surface area contributed by atoms with Crippen LogP contribution < -0.4 is 4.74 Å². The number of carbonyl (C=O) groups excluding carboxylic acids is 1. The maximum atomic E-state index is 13.9. The number of nitrogens with zero attached hydrogens (tertiary/aromatic N) is 1. The molecule has 26 heavy (non-hydrogen) atoms. The zero-order valence-corrected chi connectivity index (χ0v) is 14.6. The van der Waals surface area contributed by atoms with Crippen molar-refractivity contribution in [2.75, 3.05) is 13.1 Å². The van der Waals surface area contributed by atoms with Crippen molar-refractivity contribution in [3.8, 4) is 11.5 Å². The van der Waals surface area contributed by atoms with E-state index < -0.39 is 23.2 Å². The lowest BCUT2D eigenvalue weighted by atomic mass is 9.49. The first kappa shape index (κ1) is 15.4. The average molecular weight is 357 g/mol. The highest BCUT2D eigenvalue weighted by atomic mass is 16.6. The molecule has 0 amide bonds. The van der Waals surface area contributed by atoms with Gasteiger partial charge in [0.2, 0.25) is 0 Å². The lowest BCUT2D eigenvalue weighted by molar-refractivity contribution is -0.923. The van der Waals surface area contributed by atoms with Crippen LogP contribution in [0, 0.1) is 11.1 Å². The Morgan fingerprint density at radius 2 is 2.12 bits per heavy atom. The van der Waals surface area contributed by atoms with E-state index in [1.807, 2.05) is 6.07 Å². The molecule has 1 spiro atoms. The fraction of sp³-hybridized carbons (Fsp3) is 0.650. The predicted octanol–water partition coefficient (Wildman–Crippen LogP) is 1.54. The molecule has 2 bridgehead atoms. The highest BCUT2D eigenvalue weighted by molar-refractivity contribution is 5.90. The van der Waals surface area contributed by atoms with Crippen molar-refractivity contribution in [3.05, 3.63) is 28.5 Å². The fourth-order valence-corrected chi connectivity index (χ4v) is 6.54. The second kappa shape index (κ2) is 4.43. The Balaban J connectivity index is 1.60. The maximum Gasteiger partial charge on any atom is 0.174 e. The van der Waals surface area contributed by atoms with Gasteiger partial charge in [-0.2, -0.15) is 0 Å². The van der Waals surface area contributed by atoms with Crippen LogP contribution in [0.4, 0.5) is 0 Å². The van der Waals surface area contributed by atoms with E-state index >= 15 is 0 Å². The summed E-state index contributed by atoms with van der Waals surface area (Å²) < 4.78 is 5.63. The molecule has 1 saturated heterocycles. The molecule has 2 heterocycles. The number of ether oxygens (including phenoxy) is 1. The quantitative estimate of drug-likeness (QED) is 0.619. The number of phenols is 1. The molecule has 5 atom stereocenters. The van der Waals surface area contributed by atoms with Gasteiger partial charge in [0, 0.05) is 30.7 Å². The minimum Gasteiger partial charge on any atom is -0.632 e. The molecule has 138 valence electrons. The summed E-state index contributed by atoms with van der Waals surface area (Å²) in [5.41, 5.74) is -0.359. The number of carbonyl (C=O) groups is 1. The van der Waals surface area contributed by atoms with Crippen LogP contribution in [0.5, 0.6) is 11.5 Å². The van der Waals surface area contributed by atoms with E-state index in [-0.39, 0.29) is 22.6 Å². The minimum atomic E-state index is -1.24. The Labute approximate surface area is 151 Å². The van der Waals surface area contributed by atoms with E-state index in [1.165, 1.54) is 0 Å². The molecule has 0 aromatic heterocycles. The monoisotopic (exact) mass is 357 g/mol. The zero-order chi connectivity index (χ0) is 17.9. The molecule has 2 aliphatic heterocycles. The SMILES string of the molecule is O=C1CCC2(O)C3Cc4ccc(O)c5c4[C@]2(CC[N@@+]3([O-])CC2CC2)C1O5. The number of benzene rings is 1. The number of phenolic OH excluding ortho intramolecular Hbond substituents is 1. The summed E-state index contributed by atoms with van der Waals surface area (Å²) in [4.78, 5) is 12.7. The van der Waals surface area contributed by atoms with Gasteiger partial charge in [0.05, 0.1) is 18.5 Å². The van der Waals surface area contributed by atoms with Crippen LogP contribution >= 0.6 is 0 Å². The van der Waals surface area contributed by atoms with Crippen molar-refractivity contribution in [2.24, 2.45) is 5.92 Å². The van der Waals surface area contributed by atoms with Crippen molar-refractivity contribution in [1.82, 2.24) is 0 Å². The molecule has 6 heteroatoms. The van der Waals surface area contributed by atoms with Crippen LogP contribution in [0.1, 0.15) is 43.2 Å². The number of hydrogen-bond donors (Lipinski definition) is 2. The molecule has 6 rings (SSSR count). The van der Waals surface area contributed by atoms with Crippen LogP contribution in [-0.2, 0) is 16.6 Å². The topological polar surface area (TPSA) is 89.8 Å². The number of piperidine rings is 1. The predicted molar refractivity (Wildman–Crippen MR) is 91.6 cm³/mol. The molecule has 6 nitrogen and oxygen atoms in total. The fourth-order valence-electron chi connectivity index (χ4n) is 6.54. The molecule has 3 fully saturated rings. The third-order valence-corrected chi connectivity index (χ3v) is 7.85. The number of aliphatic hydroxyl groups is 1. The van der Waals surface area contributed by atoms with Gasteiger partial charge in [0.25, 0.3) is 0 Å². The van der Waals surface area contributed by atoms with E-state index in [0.717, 1.165) is 24.0 Å². The Kier molecular flexibility index (Phi) is 2.63. The van der Waals surface area contributed by atoms with Gasteiger partial charge in [-0.3, -0.25) is 4.79 Å². The molecular formula is C20H23NO5.